The van der Waals surface area contributed by atoms with Crippen LogP contribution in [0.5, 0.6) is 11.5 Å². The fraction of sp³-hybridized carbons (Fsp3) is 0.368. The van der Waals surface area contributed by atoms with E-state index in [1.807, 2.05) is 43.3 Å². The van der Waals surface area contributed by atoms with Gasteiger partial charge in [-0.15, -0.1) is 0 Å². The molecule has 0 amide bonds. The SMILES string of the molecule is CCOc1cccc(NCC(CC)Oc2cccc(C)c2)c1. The maximum atomic E-state index is 6.05. The highest BCUT2D eigenvalue weighted by atomic mass is 16.5. The van der Waals surface area contributed by atoms with Gasteiger partial charge in [-0.25, -0.2) is 0 Å². The van der Waals surface area contributed by atoms with Gasteiger partial charge in [-0.3, -0.25) is 0 Å². The highest BCUT2D eigenvalue weighted by Crippen LogP contribution is 2.19. The summed E-state index contributed by atoms with van der Waals surface area (Å²) < 4.78 is 11.6. The van der Waals surface area contributed by atoms with Gasteiger partial charge < -0.3 is 14.8 Å². The summed E-state index contributed by atoms with van der Waals surface area (Å²) in [6.07, 6.45) is 1.09. The van der Waals surface area contributed by atoms with Crippen LogP contribution in [0.4, 0.5) is 5.69 Å². The van der Waals surface area contributed by atoms with E-state index in [1.54, 1.807) is 0 Å². The van der Waals surface area contributed by atoms with E-state index in [2.05, 4.69) is 31.3 Å². The number of rotatable bonds is 8. The molecule has 0 aliphatic carbocycles. The minimum atomic E-state index is 0.137. The Balaban J connectivity index is 1.92. The first kappa shape index (κ1) is 16.2. The summed E-state index contributed by atoms with van der Waals surface area (Å²) in [7, 11) is 0. The van der Waals surface area contributed by atoms with Gasteiger partial charge in [0.05, 0.1) is 13.2 Å². The summed E-state index contributed by atoms with van der Waals surface area (Å²) in [5, 5.41) is 3.42. The Bertz CT molecular complexity index is 583. The molecule has 2 aromatic carbocycles. The molecule has 0 fully saturated rings. The Morgan fingerprint density at radius 1 is 1.00 bits per heavy atom. The lowest BCUT2D eigenvalue weighted by atomic mass is 10.2. The van der Waals surface area contributed by atoms with Crippen molar-refractivity contribution in [3.63, 3.8) is 0 Å². The van der Waals surface area contributed by atoms with Gasteiger partial charge in [-0.05, 0) is 50.1 Å². The molecule has 0 aliphatic rings. The van der Waals surface area contributed by atoms with Crippen LogP contribution in [-0.2, 0) is 0 Å². The average molecular weight is 299 g/mol. The molecule has 1 atom stereocenters. The highest BCUT2D eigenvalue weighted by molar-refractivity contribution is 5.48. The second kappa shape index (κ2) is 8.32. The summed E-state index contributed by atoms with van der Waals surface area (Å²) in [5.74, 6) is 1.82. The number of ether oxygens (including phenoxy) is 2. The van der Waals surface area contributed by atoms with Crippen LogP contribution < -0.4 is 14.8 Å². The molecule has 0 aromatic heterocycles. The van der Waals surface area contributed by atoms with Crippen molar-refractivity contribution >= 4 is 5.69 Å². The molecule has 0 spiro atoms. The summed E-state index contributed by atoms with van der Waals surface area (Å²) >= 11 is 0. The minimum absolute atomic E-state index is 0.137. The van der Waals surface area contributed by atoms with Gasteiger partial charge in [0.25, 0.3) is 0 Å². The van der Waals surface area contributed by atoms with Gasteiger partial charge >= 0.3 is 0 Å². The number of benzene rings is 2. The smallest absolute Gasteiger partial charge is 0.121 e. The second-order valence-corrected chi connectivity index (χ2v) is 5.31. The topological polar surface area (TPSA) is 30.5 Å². The summed E-state index contributed by atoms with van der Waals surface area (Å²) in [6, 6.07) is 16.2. The second-order valence-electron chi connectivity index (χ2n) is 5.31. The van der Waals surface area contributed by atoms with E-state index in [-0.39, 0.29) is 6.10 Å². The van der Waals surface area contributed by atoms with Crippen LogP contribution >= 0.6 is 0 Å². The molecule has 2 rings (SSSR count). The van der Waals surface area contributed by atoms with Crippen molar-refractivity contribution in [2.75, 3.05) is 18.5 Å². The van der Waals surface area contributed by atoms with Gasteiger partial charge in [-0.1, -0.05) is 25.1 Å². The maximum Gasteiger partial charge on any atom is 0.121 e. The third kappa shape index (κ3) is 4.99. The average Bonchev–Trinajstić information content (AvgIpc) is 2.52. The molecule has 0 bridgehead atoms. The van der Waals surface area contributed by atoms with Crippen molar-refractivity contribution in [1.82, 2.24) is 0 Å². The fourth-order valence-corrected chi connectivity index (χ4v) is 2.24. The van der Waals surface area contributed by atoms with Crippen LogP contribution in [0.25, 0.3) is 0 Å². The van der Waals surface area contributed by atoms with Crippen molar-refractivity contribution < 1.29 is 9.47 Å². The largest absolute Gasteiger partial charge is 0.494 e. The van der Waals surface area contributed by atoms with Crippen LogP contribution in [0.1, 0.15) is 25.8 Å². The van der Waals surface area contributed by atoms with Gasteiger partial charge in [0.15, 0.2) is 0 Å². The van der Waals surface area contributed by atoms with Crippen molar-refractivity contribution in [1.29, 1.82) is 0 Å². The van der Waals surface area contributed by atoms with E-state index >= 15 is 0 Å². The van der Waals surface area contributed by atoms with E-state index in [0.29, 0.717) is 6.61 Å². The van der Waals surface area contributed by atoms with Crippen molar-refractivity contribution in [2.45, 2.75) is 33.3 Å². The number of anilines is 1. The molecule has 1 unspecified atom stereocenters. The minimum Gasteiger partial charge on any atom is -0.494 e. The molecular weight excluding hydrogens is 274 g/mol. The predicted octanol–water partition coefficient (Wildman–Crippen LogP) is 4.66. The Kier molecular flexibility index (Phi) is 6.13. The van der Waals surface area contributed by atoms with Crippen LogP contribution in [0.3, 0.4) is 0 Å². The van der Waals surface area contributed by atoms with E-state index in [1.165, 1.54) is 5.56 Å². The quantitative estimate of drug-likeness (QED) is 0.768. The predicted molar refractivity (Wildman–Crippen MR) is 92.0 cm³/mol. The van der Waals surface area contributed by atoms with E-state index in [0.717, 1.165) is 30.2 Å². The summed E-state index contributed by atoms with van der Waals surface area (Å²) in [6.45, 7) is 7.64. The lowest BCUT2D eigenvalue weighted by molar-refractivity contribution is 0.210. The zero-order valence-corrected chi connectivity index (χ0v) is 13.6. The van der Waals surface area contributed by atoms with Crippen LogP contribution in [-0.4, -0.2) is 19.3 Å². The maximum absolute atomic E-state index is 6.05. The Labute approximate surface area is 133 Å². The zero-order valence-electron chi connectivity index (χ0n) is 13.6. The molecule has 2 aromatic rings. The monoisotopic (exact) mass is 299 g/mol. The van der Waals surface area contributed by atoms with Crippen LogP contribution in [0.2, 0.25) is 0 Å². The number of nitrogens with one attached hydrogen (secondary N) is 1. The molecular formula is C19H25NO2. The van der Waals surface area contributed by atoms with E-state index in [9.17, 15) is 0 Å². The van der Waals surface area contributed by atoms with Gasteiger partial charge in [0.2, 0.25) is 0 Å². The van der Waals surface area contributed by atoms with Crippen molar-refractivity contribution in [2.24, 2.45) is 0 Å². The van der Waals surface area contributed by atoms with Gasteiger partial charge in [-0.2, -0.15) is 0 Å². The summed E-state index contributed by atoms with van der Waals surface area (Å²) in [5.41, 5.74) is 2.27. The molecule has 1 N–H and O–H groups in total. The first-order chi connectivity index (χ1) is 10.7. The lowest BCUT2D eigenvalue weighted by Gasteiger charge is -2.19. The Morgan fingerprint density at radius 2 is 1.77 bits per heavy atom. The first-order valence-corrected chi connectivity index (χ1v) is 7.91. The van der Waals surface area contributed by atoms with Gasteiger partial charge in [0, 0.05) is 11.8 Å². The first-order valence-electron chi connectivity index (χ1n) is 7.91. The third-order valence-electron chi connectivity index (χ3n) is 3.43. The molecule has 0 radical (unpaired) electrons. The third-order valence-corrected chi connectivity index (χ3v) is 3.43. The van der Waals surface area contributed by atoms with E-state index < -0.39 is 0 Å². The highest BCUT2D eigenvalue weighted by Gasteiger charge is 2.08. The Hall–Kier alpha value is -2.16. The molecule has 0 saturated carbocycles. The molecule has 118 valence electrons. The number of hydrogen-bond acceptors (Lipinski definition) is 3. The van der Waals surface area contributed by atoms with Crippen molar-refractivity contribution in [3.8, 4) is 11.5 Å². The Morgan fingerprint density at radius 3 is 2.50 bits per heavy atom. The molecule has 22 heavy (non-hydrogen) atoms. The van der Waals surface area contributed by atoms with Crippen LogP contribution in [0.15, 0.2) is 48.5 Å². The zero-order chi connectivity index (χ0) is 15.8. The number of aryl methyl sites for hydroxylation is 1. The van der Waals surface area contributed by atoms with Gasteiger partial charge in [0.1, 0.15) is 17.6 Å². The fourth-order valence-electron chi connectivity index (χ4n) is 2.24. The number of hydrogen-bond donors (Lipinski definition) is 1. The molecule has 3 heteroatoms. The molecule has 0 aliphatic heterocycles. The van der Waals surface area contributed by atoms with Crippen LogP contribution in [0, 0.1) is 6.92 Å². The lowest BCUT2D eigenvalue weighted by Crippen LogP contribution is -2.25. The van der Waals surface area contributed by atoms with E-state index in [4.69, 9.17) is 9.47 Å². The summed E-state index contributed by atoms with van der Waals surface area (Å²) in [4.78, 5) is 0. The van der Waals surface area contributed by atoms with Crippen molar-refractivity contribution in [3.05, 3.63) is 54.1 Å². The standard InChI is InChI=1S/C19H25NO2/c1-4-17(22-19-11-6-8-15(3)12-19)14-20-16-9-7-10-18(13-16)21-5-2/h6-13,17,20H,4-5,14H2,1-3H3. The molecule has 3 nitrogen and oxygen atoms in total. The molecule has 0 heterocycles. The molecule has 0 saturated heterocycles. The normalized spacial score (nSPS) is 11.8.